The predicted octanol–water partition coefficient (Wildman–Crippen LogP) is 2.58. The summed E-state index contributed by atoms with van der Waals surface area (Å²) in [5.41, 5.74) is 3.23. The van der Waals surface area contributed by atoms with Crippen LogP contribution >= 0.6 is 11.3 Å². The van der Waals surface area contributed by atoms with Crippen LogP contribution < -0.4 is 10.6 Å². The molecular weight excluding hydrogens is 258 g/mol. The number of rotatable bonds is 4. The van der Waals surface area contributed by atoms with Gasteiger partial charge in [0.25, 0.3) is 0 Å². The summed E-state index contributed by atoms with van der Waals surface area (Å²) in [6, 6.07) is 8.23. The van der Waals surface area contributed by atoms with Crippen molar-refractivity contribution in [2.75, 3.05) is 18.9 Å². The molecule has 2 aromatic rings. The third kappa shape index (κ3) is 3.39. The van der Waals surface area contributed by atoms with E-state index in [1.165, 1.54) is 16.9 Å². The summed E-state index contributed by atoms with van der Waals surface area (Å²) in [4.78, 5) is 17.1. The molecule has 0 fully saturated rings. The number of aryl methyl sites for hydroxylation is 2. The van der Waals surface area contributed by atoms with Gasteiger partial charge in [-0.3, -0.25) is 4.79 Å². The van der Waals surface area contributed by atoms with Gasteiger partial charge < -0.3 is 10.6 Å². The number of carbonyl (C=O) groups excluding carboxylic acids is 1. The van der Waals surface area contributed by atoms with Crippen molar-refractivity contribution in [3.05, 3.63) is 34.7 Å². The first-order chi connectivity index (χ1) is 9.10. The minimum absolute atomic E-state index is 0.0771. The average Bonchev–Trinajstić information content (AvgIpc) is 2.71. The third-order valence-corrected chi connectivity index (χ3v) is 3.59. The predicted molar refractivity (Wildman–Crippen MR) is 79.6 cm³/mol. The van der Waals surface area contributed by atoms with Crippen molar-refractivity contribution >= 4 is 22.4 Å². The highest BCUT2D eigenvalue weighted by molar-refractivity contribution is 7.16. The summed E-state index contributed by atoms with van der Waals surface area (Å²) >= 11 is 1.50. The summed E-state index contributed by atoms with van der Waals surface area (Å²) in [5.74, 6) is -0.0771. The lowest BCUT2D eigenvalue weighted by atomic mass is 10.1. The Balaban J connectivity index is 2.21. The molecule has 4 nitrogen and oxygen atoms in total. The van der Waals surface area contributed by atoms with Crippen LogP contribution in [-0.2, 0) is 4.79 Å². The molecule has 2 N–H and O–H groups in total. The summed E-state index contributed by atoms with van der Waals surface area (Å²) in [6.07, 6.45) is 0. The number of anilines is 1. The van der Waals surface area contributed by atoms with Crippen LogP contribution in [0.15, 0.2) is 24.3 Å². The van der Waals surface area contributed by atoms with E-state index in [0.717, 1.165) is 16.1 Å². The van der Waals surface area contributed by atoms with Crippen LogP contribution in [0.5, 0.6) is 0 Å². The number of nitrogens with one attached hydrogen (secondary N) is 2. The number of amides is 1. The highest BCUT2D eigenvalue weighted by Gasteiger charge is 2.11. The Morgan fingerprint density at radius 3 is 2.58 bits per heavy atom. The fourth-order valence-corrected chi connectivity index (χ4v) is 2.61. The third-order valence-electron chi connectivity index (χ3n) is 2.71. The van der Waals surface area contributed by atoms with Crippen molar-refractivity contribution in [2.24, 2.45) is 0 Å². The molecule has 0 unspecified atom stereocenters. The zero-order chi connectivity index (χ0) is 13.8. The smallest absolute Gasteiger partial charge is 0.240 e. The summed E-state index contributed by atoms with van der Waals surface area (Å²) in [6.45, 7) is 4.36. The fraction of sp³-hybridized carbons (Fsp3) is 0.286. The molecule has 1 aromatic heterocycles. The van der Waals surface area contributed by atoms with Gasteiger partial charge in [0.1, 0.15) is 0 Å². The molecule has 0 aliphatic carbocycles. The Bertz CT molecular complexity index is 575. The van der Waals surface area contributed by atoms with Gasteiger partial charge in [0, 0.05) is 10.4 Å². The Kier molecular flexibility index (Phi) is 4.29. The monoisotopic (exact) mass is 275 g/mol. The van der Waals surface area contributed by atoms with Gasteiger partial charge in [0.05, 0.1) is 12.2 Å². The number of thiazole rings is 1. The first-order valence-corrected chi connectivity index (χ1v) is 6.90. The molecule has 0 atom stereocenters. The Morgan fingerprint density at radius 2 is 1.95 bits per heavy atom. The Labute approximate surface area is 116 Å². The molecular formula is C14H17N3OS. The van der Waals surface area contributed by atoms with Crippen molar-refractivity contribution < 1.29 is 4.79 Å². The van der Waals surface area contributed by atoms with Crippen LogP contribution in [0.4, 0.5) is 5.13 Å². The Morgan fingerprint density at radius 1 is 1.26 bits per heavy atom. The molecule has 0 saturated carbocycles. The largest absolute Gasteiger partial charge is 0.311 e. The number of likely N-dealkylation sites (N-methyl/N-ethyl adjacent to an activating group) is 1. The van der Waals surface area contributed by atoms with E-state index < -0.39 is 0 Å². The molecule has 100 valence electrons. The van der Waals surface area contributed by atoms with E-state index in [1.807, 2.05) is 6.92 Å². The lowest BCUT2D eigenvalue weighted by Crippen LogP contribution is -2.24. The fourth-order valence-electron chi connectivity index (χ4n) is 1.75. The summed E-state index contributed by atoms with van der Waals surface area (Å²) in [5, 5.41) is 6.25. The highest BCUT2D eigenvalue weighted by atomic mass is 32.1. The maximum Gasteiger partial charge on any atom is 0.240 e. The molecule has 1 amide bonds. The number of benzene rings is 1. The van der Waals surface area contributed by atoms with Crippen LogP contribution in [0.2, 0.25) is 0 Å². The van der Waals surface area contributed by atoms with E-state index in [4.69, 9.17) is 0 Å². The van der Waals surface area contributed by atoms with E-state index in [2.05, 4.69) is 46.8 Å². The maximum atomic E-state index is 11.5. The van der Waals surface area contributed by atoms with Gasteiger partial charge in [-0.25, -0.2) is 4.98 Å². The minimum Gasteiger partial charge on any atom is -0.311 e. The van der Waals surface area contributed by atoms with Gasteiger partial charge in [-0.05, 0) is 20.9 Å². The maximum absolute atomic E-state index is 11.5. The van der Waals surface area contributed by atoms with Crippen molar-refractivity contribution in [2.45, 2.75) is 13.8 Å². The van der Waals surface area contributed by atoms with Crippen molar-refractivity contribution in [3.63, 3.8) is 0 Å². The van der Waals surface area contributed by atoms with Crippen LogP contribution in [0.3, 0.4) is 0 Å². The van der Waals surface area contributed by atoms with E-state index in [1.54, 1.807) is 7.05 Å². The normalized spacial score (nSPS) is 10.5. The zero-order valence-corrected chi connectivity index (χ0v) is 12.1. The number of hydrogen-bond acceptors (Lipinski definition) is 4. The number of hydrogen-bond donors (Lipinski definition) is 2. The first kappa shape index (κ1) is 13.7. The van der Waals surface area contributed by atoms with Gasteiger partial charge in [-0.15, -0.1) is 11.3 Å². The number of nitrogens with zero attached hydrogens (tertiary/aromatic N) is 1. The van der Waals surface area contributed by atoms with E-state index >= 15 is 0 Å². The molecule has 2 rings (SSSR count). The molecule has 0 aliphatic rings. The lowest BCUT2D eigenvalue weighted by Gasteiger charge is -2.00. The van der Waals surface area contributed by atoms with Crippen LogP contribution in [0.25, 0.3) is 11.3 Å². The van der Waals surface area contributed by atoms with Gasteiger partial charge in [0.15, 0.2) is 5.13 Å². The molecule has 0 radical (unpaired) electrons. The molecule has 1 aromatic carbocycles. The summed E-state index contributed by atoms with van der Waals surface area (Å²) in [7, 11) is 1.74. The van der Waals surface area contributed by atoms with E-state index in [-0.39, 0.29) is 5.91 Å². The molecule has 0 spiro atoms. The zero-order valence-electron chi connectivity index (χ0n) is 11.3. The molecule has 5 heteroatoms. The van der Waals surface area contributed by atoms with Crippen LogP contribution in [0.1, 0.15) is 10.4 Å². The summed E-state index contributed by atoms with van der Waals surface area (Å²) < 4.78 is 0. The van der Waals surface area contributed by atoms with Gasteiger partial charge in [-0.1, -0.05) is 29.8 Å². The van der Waals surface area contributed by atoms with Crippen LogP contribution in [0, 0.1) is 13.8 Å². The second kappa shape index (κ2) is 5.95. The lowest BCUT2D eigenvalue weighted by molar-refractivity contribution is -0.115. The standard InChI is InChI=1S/C14H17N3OS/c1-9-4-6-11(7-5-9)13-10(2)19-14(17-13)16-12(18)8-15-3/h4-7,15H,8H2,1-3H3,(H,16,17,18). The van der Waals surface area contributed by atoms with E-state index in [9.17, 15) is 4.79 Å². The SMILES string of the molecule is CNCC(=O)Nc1nc(-c2ccc(C)cc2)c(C)s1. The van der Waals surface area contributed by atoms with Crippen molar-refractivity contribution in [1.82, 2.24) is 10.3 Å². The van der Waals surface area contributed by atoms with Gasteiger partial charge >= 0.3 is 0 Å². The highest BCUT2D eigenvalue weighted by Crippen LogP contribution is 2.30. The topological polar surface area (TPSA) is 54.0 Å². The first-order valence-electron chi connectivity index (χ1n) is 6.09. The van der Waals surface area contributed by atoms with Crippen molar-refractivity contribution in [3.8, 4) is 11.3 Å². The van der Waals surface area contributed by atoms with Gasteiger partial charge in [0.2, 0.25) is 5.91 Å². The Hall–Kier alpha value is -1.72. The molecule has 0 saturated heterocycles. The van der Waals surface area contributed by atoms with E-state index in [0.29, 0.717) is 11.7 Å². The van der Waals surface area contributed by atoms with Crippen LogP contribution in [-0.4, -0.2) is 24.5 Å². The number of carbonyl (C=O) groups is 1. The van der Waals surface area contributed by atoms with Crippen molar-refractivity contribution in [1.29, 1.82) is 0 Å². The number of aromatic nitrogens is 1. The van der Waals surface area contributed by atoms with Gasteiger partial charge in [-0.2, -0.15) is 0 Å². The quantitative estimate of drug-likeness (QED) is 0.901. The molecule has 19 heavy (non-hydrogen) atoms. The average molecular weight is 275 g/mol. The minimum atomic E-state index is -0.0771. The second-order valence-corrected chi connectivity index (χ2v) is 5.57. The molecule has 1 heterocycles. The second-order valence-electron chi connectivity index (χ2n) is 4.37. The molecule has 0 bridgehead atoms. The molecule has 0 aliphatic heterocycles.